The second kappa shape index (κ2) is 8.93. The van der Waals surface area contributed by atoms with E-state index in [-0.39, 0.29) is 19.1 Å². The third kappa shape index (κ3) is 7.97. The number of carbonyl (C=O) groups excluding carboxylic acids is 1. The van der Waals surface area contributed by atoms with E-state index in [4.69, 9.17) is 0 Å². The molecule has 1 atom stereocenters. The van der Waals surface area contributed by atoms with Crippen molar-refractivity contribution in [2.45, 2.75) is 19.4 Å². The first-order valence-electron chi connectivity index (χ1n) is 4.85. The van der Waals surface area contributed by atoms with Gasteiger partial charge in [0.05, 0.1) is 6.10 Å². The topological polar surface area (TPSA) is 70.6 Å². The SMILES string of the molecule is CCCNCC(O)CNC(=O)COC. The highest BCUT2D eigenvalue weighted by molar-refractivity contribution is 5.77. The van der Waals surface area contributed by atoms with Crippen LogP contribution in [0.15, 0.2) is 0 Å². The van der Waals surface area contributed by atoms with Crippen molar-refractivity contribution in [3.8, 4) is 0 Å². The van der Waals surface area contributed by atoms with E-state index in [0.717, 1.165) is 13.0 Å². The Bertz CT molecular complexity index is 153. The summed E-state index contributed by atoms with van der Waals surface area (Å²) in [4.78, 5) is 10.9. The molecule has 0 aliphatic carbocycles. The van der Waals surface area contributed by atoms with Gasteiger partial charge in [0.2, 0.25) is 5.91 Å². The van der Waals surface area contributed by atoms with Gasteiger partial charge >= 0.3 is 0 Å². The van der Waals surface area contributed by atoms with Gasteiger partial charge in [-0.3, -0.25) is 4.79 Å². The molecule has 0 saturated carbocycles. The van der Waals surface area contributed by atoms with Crippen molar-refractivity contribution in [3.05, 3.63) is 0 Å². The van der Waals surface area contributed by atoms with Crippen LogP contribution in [-0.4, -0.2) is 50.5 Å². The molecule has 5 heteroatoms. The second-order valence-electron chi connectivity index (χ2n) is 3.10. The van der Waals surface area contributed by atoms with Gasteiger partial charge in [0.25, 0.3) is 0 Å². The molecule has 0 radical (unpaired) electrons. The molecule has 0 heterocycles. The molecule has 0 spiro atoms. The van der Waals surface area contributed by atoms with Gasteiger partial charge in [0.1, 0.15) is 6.61 Å². The summed E-state index contributed by atoms with van der Waals surface area (Å²) in [6.07, 6.45) is 0.491. The fourth-order valence-corrected chi connectivity index (χ4v) is 0.931. The van der Waals surface area contributed by atoms with Gasteiger partial charge in [-0.2, -0.15) is 0 Å². The van der Waals surface area contributed by atoms with Crippen LogP contribution in [0, 0.1) is 0 Å². The summed E-state index contributed by atoms with van der Waals surface area (Å²) in [5.74, 6) is -0.206. The first-order valence-corrected chi connectivity index (χ1v) is 4.85. The lowest BCUT2D eigenvalue weighted by Crippen LogP contribution is -2.39. The van der Waals surface area contributed by atoms with Gasteiger partial charge in [-0.15, -0.1) is 0 Å². The summed E-state index contributed by atoms with van der Waals surface area (Å²) in [5, 5.41) is 15.0. The minimum Gasteiger partial charge on any atom is -0.390 e. The average molecular weight is 204 g/mol. The maximum Gasteiger partial charge on any atom is 0.246 e. The van der Waals surface area contributed by atoms with Crippen molar-refractivity contribution in [2.24, 2.45) is 0 Å². The predicted molar refractivity (Wildman–Crippen MR) is 54.1 cm³/mol. The van der Waals surface area contributed by atoms with E-state index in [1.165, 1.54) is 7.11 Å². The number of ether oxygens (including phenoxy) is 1. The van der Waals surface area contributed by atoms with Crippen LogP contribution in [0.3, 0.4) is 0 Å². The number of aliphatic hydroxyl groups is 1. The molecule has 0 aliphatic heterocycles. The van der Waals surface area contributed by atoms with Crippen LogP contribution >= 0.6 is 0 Å². The summed E-state index contributed by atoms with van der Waals surface area (Å²) in [7, 11) is 1.46. The van der Waals surface area contributed by atoms with Crippen LogP contribution in [0.5, 0.6) is 0 Å². The van der Waals surface area contributed by atoms with Gasteiger partial charge in [0, 0.05) is 20.2 Å². The molecule has 0 rings (SSSR count). The molecule has 0 saturated heterocycles. The minimum absolute atomic E-state index is 0.0368. The number of amides is 1. The summed E-state index contributed by atoms with van der Waals surface area (Å²) < 4.78 is 4.63. The zero-order valence-electron chi connectivity index (χ0n) is 8.88. The second-order valence-corrected chi connectivity index (χ2v) is 3.10. The monoisotopic (exact) mass is 204 g/mol. The molecule has 1 unspecified atom stereocenters. The molecule has 0 aromatic rings. The molecule has 0 aliphatic rings. The molecule has 14 heavy (non-hydrogen) atoms. The van der Waals surface area contributed by atoms with Crippen LogP contribution in [-0.2, 0) is 9.53 Å². The highest BCUT2D eigenvalue weighted by Gasteiger charge is 2.05. The lowest BCUT2D eigenvalue weighted by Gasteiger charge is -2.12. The summed E-state index contributed by atoms with van der Waals surface area (Å²) in [5.41, 5.74) is 0. The van der Waals surface area contributed by atoms with Gasteiger partial charge < -0.3 is 20.5 Å². The Morgan fingerprint density at radius 3 is 2.79 bits per heavy atom. The zero-order chi connectivity index (χ0) is 10.8. The molecule has 1 amide bonds. The molecule has 0 aromatic carbocycles. The number of nitrogens with one attached hydrogen (secondary N) is 2. The first-order chi connectivity index (χ1) is 6.70. The minimum atomic E-state index is -0.539. The largest absolute Gasteiger partial charge is 0.390 e. The van der Waals surface area contributed by atoms with Gasteiger partial charge in [-0.1, -0.05) is 6.92 Å². The highest BCUT2D eigenvalue weighted by Crippen LogP contribution is 1.79. The van der Waals surface area contributed by atoms with E-state index in [0.29, 0.717) is 6.54 Å². The van der Waals surface area contributed by atoms with E-state index in [1.807, 2.05) is 0 Å². The van der Waals surface area contributed by atoms with Crippen molar-refractivity contribution in [1.29, 1.82) is 0 Å². The van der Waals surface area contributed by atoms with Crippen LogP contribution in [0.1, 0.15) is 13.3 Å². The van der Waals surface area contributed by atoms with Crippen molar-refractivity contribution < 1.29 is 14.6 Å². The Morgan fingerprint density at radius 1 is 1.50 bits per heavy atom. The highest BCUT2D eigenvalue weighted by atomic mass is 16.5. The van der Waals surface area contributed by atoms with Crippen LogP contribution < -0.4 is 10.6 Å². The van der Waals surface area contributed by atoms with Crippen LogP contribution in [0.2, 0.25) is 0 Å². The Hall–Kier alpha value is -0.650. The number of carbonyl (C=O) groups is 1. The van der Waals surface area contributed by atoms with Gasteiger partial charge in [0.15, 0.2) is 0 Å². The predicted octanol–water partition coefficient (Wildman–Crippen LogP) is -0.890. The number of aliphatic hydroxyl groups excluding tert-OH is 1. The molecular weight excluding hydrogens is 184 g/mol. The summed E-state index contributed by atoms with van der Waals surface area (Å²) >= 11 is 0. The number of hydrogen-bond acceptors (Lipinski definition) is 4. The number of hydrogen-bond donors (Lipinski definition) is 3. The smallest absolute Gasteiger partial charge is 0.246 e. The van der Waals surface area contributed by atoms with Gasteiger partial charge in [-0.25, -0.2) is 0 Å². The Labute approximate surface area is 84.8 Å². The van der Waals surface area contributed by atoms with E-state index in [2.05, 4.69) is 22.3 Å². The third-order valence-electron chi connectivity index (χ3n) is 1.62. The molecule has 5 nitrogen and oxygen atoms in total. The molecule has 0 fully saturated rings. The Morgan fingerprint density at radius 2 is 2.21 bits per heavy atom. The van der Waals surface area contributed by atoms with Crippen LogP contribution in [0.4, 0.5) is 0 Å². The van der Waals surface area contributed by atoms with E-state index in [9.17, 15) is 9.90 Å². The van der Waals surface area contributed by atoms with E-state index < -0.39 is 6.10 Å². The van der Waals surface area contributed by atoms with E-state index >= 15 is 0 Å². The molecule has 0 aromatic heterocycles. The van der Waals surface area contributed by atoms with Crippen molar-refractivity contribution in [2.75, 3.05) is 33.4 Å². The summed E-state index contributed by atoms with van der Waals surface area (Å²) in [6, 6.07) is 0. The maximum absolute atomic E-state index is 10.9. The third-order valence-corrected chi connectivity index (χ3v) is 1.62. The van der Waals surface area contributed by atoms with E-state index in [1.54, 1.807) is 0 Å². The maximum atomic E-state index is 10.9. The molecule has 3 N–H and O–H groups in total. The summed E-state index contributed by atoms with van der Waals surface area (Å²) in [6.45, 7) is 3.73. The van der Waals surface area contributed by atoms with Gasteiger partial charge in [-0.05, 0) is 13.0 Å². The van der Waals surface area contributed by atoms with Crippen molar-refractivity contribution in [1.82, 2.24) is 10.6 Å². The fraction of sp³-hybridized carbons (Fsp3) is 0.889. The first kappa shape index (κ1) is 13.4. The lowest BCUT2D eigenvalue weighted by atomic mass is 10.3. The standard InChI is InChI=1S/C9H20N2O3/c1-3-4-10-5-8(12)6-11-9(13)7-14-2/h8,10,12H,3-7H2,1-2H3,(H,11,13). The average Bonchev–Trinajstić information content (AvgIpc) is 2.16. The fourth-order valence-electron chi connectivity index (χ4n) is 0.931. The van der Waals surface area contributed by atoms with Crippen molar-refractivity contribution >= 4 is 5.91 Å². The Kier molecular flexibility index (Phi) is 8.51. The molecule has 84 valence electrons. The number of rotatable bonds is 8. The lowest BCUT2D eigenvalue weighted by molar-refractivity contribution is -0.125. The normalized spacial score (nSPS) is 12.5. The zero-order valence-corrected chi connectivity index (χ0v) is 8.88. The molecular formula is C9H20N2O3. The number of methoxy groups -OCH3 is 1. The Balaban J connectivity index is 3.33. The molecule has 0 bridgehead atoms. The van der Waals surface area contributed by atoms with Crippen molar-refractivity contribution in [3.63, 3.8) is 0 Å². The van der Waals surface area contributed by atoms with Crippen LogP contribution in [0.25, 0.3) is 0 Å². The quantitative estimate of drug-likeness (QED) is 0.449.